The average Bonchev–Trinajstić information content (AvgIpc) is 3.20. The highest BCUT2D eigenvalue weighted by Gasteiger charge is 2.21. The Balaban J connectivity index is 2.05. The quantitative estimate of drug-likeness (QED) is 0.800. The van der Waals surface area contributed by atoms with Crippen LogP contribution in [0.5, 0.6) is 0 Å². The predicted octanol–water partition coefficient (Wildman–Crippen LogP) is 2.27. The van der Waals surface area contributed by atoms with Crippen LogP contribution in [0.2, 0.25) is 0 Å². The summed E-state index contributed by atoms with van der Waals surface area (Å²) in [6.07, 6.45) is 2.55. The van der Waals surface area contributed by atoms with Gasteiger partial charge in [0.15, 0.2) is 0 Å². The van der Waals surface area contributed by atoms with E-state index in [1.54, 1.807) is 0 Å². The monoisotopic (exact) mass is 339 g/mol. The summed E-state index contributed by atoms with van der Waals surface area (Å²) in [6.45, 7) is 3.83. The van der Waals surface area contributed by atoms with E-state index >= 15 is 0 Å². The van der Waals surface area contributed by atoms with E-state index in [1.165, 1.54) is 18.4 Å². The maximum atomic E-state index is 11.7. The zero-order chi connectivity index (χ0) is 14.5. The summed E-state index contributed by atoms with van der Waals surface area (Å²) in [5, 5.41) is 6.36. The van der Waals surface area contributed by atoms with Crippen molar-refractivity contribution in [1.29, 1.82) is 0 Å². The molecule has 1 aromatic carbocycles. The van der Waals surface area contributed by atoms with Gasteiger partial charge in [-0.3, -0.25) is 4.79 Å². The Morgan fingerprint density at radius 1 is 1.45 bits per heavy atom. The molecule has 2 rings (SSSR count). The number of anilines is 1. The largest absolute Gasteiger partial charge is 0.365 e. The SMILES string of the molecule is CCNC(=O)CN(C)c1ccc(Br)cc1CNC1CC1. The van der Waals surface area contributed by atoms with Crippen LogP contribution >= 0.6 is 15.9 Å². The van der Waals surface area contributed by atoms with E-state index in [0.717, 1.165) is 16.7 Å². The highest BCUT2D eigenvalue weighted by Crippen LogP contribution is 2.26. The van der Waals surface area contributed by atoms with E-state index in [1.807, 2.05) is 24.9 Å². The van der Waals surface area contributed by atoms with Crippen LogP contribution in [0.1, 0.15) is 25.3 Å². The standard InChI is InChI=1S/C15H22BrN3O/c1-3-17-15(20)10-19(2)14-7-4-12(16)8-11(14)9-18-13-5-6-13/h4,7-8,13,18H,3,5-6,9-10H2,1-2H3,(H,17,20). The molecule has 0 aliphatic heterocycles. The molecule has 20 heavy (non-hydrogen) atoms. The highest BCUT2D eigenvalue weighted by atomic mass is 79.9. The molecule has 0 heterocycles. The lowest BCUT2D eigenvalue weighted by molar-refractivity contribution is -0.119. The summed E-state index contributed by atoms with van der Waals surface area (Å²) in [5.74, 6) is 0.0546. The number of rotatable bonds is 7. The lowest BCUT2D eigenvalue weighted by atomic mass is 10.1. The summed E-state index contributed by atoms with van der Waals surface area (Å²) in [6, 6.07) is 6.88. The van der Waals surface area contributed by atoms with Crippen molar-refractivity contribution in [2.45, 2.75) is 32.4 Å². The van der Waals surface area contributed by atoms with Gasteiger partial charge in [-0.1, -0.05) is 15.9 Å². The van der Waals surface area contributed by atoms with Gasteiger partial charge in [-0.15, -0.1) is 0 Å². The lowest BCUT2D eigenvalue weighted by Crippen LogP contribution is -2.35. The third-order valence-corrected chi connectivity index (χ3v) is 3.86. The third kappa shape index (κ3) is 4.49. The number of carbonyl (C=O) groups excluding carboxylic acids is 1. The highest BCUT2D eigenvalue weighted by molar-refractivity contribution is 9.10. The number of carbonyl (C=O) groups is 1. The summed E-state index contributed by atoms with van der Waals surface area (Å²) in [5.41, 5.74) is 2.32. The van der Waals surface area contributed by atoms with Crippen LogP contribution in [0, 0.1) is 0 Å². The minimum atomic E-state index is 0.0546. The van der Waals surface area contributed by atoms with E-state index in [0.29, 0.717) is 19.1 Å². The molecule has 1 aliphatic carbocycles. The van der Waals surface area contributed by atoms with Gasteiger partial charge in [0, 0.05) is 36.3 Å². The van der Waals surface area contributed by atoms with Gasteiger partial charge < -0.3 is 15.5 Å². The van der Waals surface area contributed by atoms with Crippen LogP contribution in [0.15, 0.2) is 22.7 Å². The number of hydrogen-bond acceptors (Lipinski definition) is 3. The van der Waals surface area contributed by atoms with E-state index in [2.05, 4.69) is 38.7 Å². The maximum absolute atomic E-state index is 11.7. The minimum Gasteiger partial charge on any atom is -0.365 e. The van der Waals surface area contributed by atoms with Crippen molar-refractivity contribution < 1.29 is 4.79 Å². The Morgan fingerprint density at radius 3 is 2.85 bits per heavy atom. The number of halogens is 1. The molecule has 1 amide bonds. The zero-order valence-electron chi connectivity index (χ0n) is 12.1. The van der Waals surface area contributed by atoms with Crippen molar-refractivity contribution in [1.82, 2.24) is 10.6 Å². The van der Waals surface area contributed by atoms with E-state index in [9.17, 15) is 4.79 Å². The Bertz CT molecular complexity index is 474. The molecule has 1 aromatic rings. The normalized spacial score (nSPS) is 14.2. The molecule has 0 spiro atoms. The summed E-state index contributed by atoms with van der Waals surface area (Å²) < 4.78 is 1.07. The molecule has 0 atom stereocenters. The molecule has 0 radical (unpaired) electrons. The minimum absolute atomic E-state index is 0.0546. The van der Waals surface area contributed by atoms with Gasteiger partial charge >= 0.3 is 0 Å². The molecule has 110 valence electrons. The van der Waals surface area contributed by atoms with Crippen molar-refractivity contribution in [2.24, 2.45) is 0 Å². The third-order valence-electron chi connectivity index (χ3n) is 3.37. The second-order valence-corrected chi connectivity index (χ2v) is 6.15. The summed E-state index contributed by atoms with van der Waals surface area (Å²) in [4.78, 5) is 13.7. The average molecular weight is 340 g/mol. The van der Waals surface area contributed by atoms with Gasteiger partial charge in [-0.25, -0.2) is 0 Å². The fourth-order valence-electron chi connectivity index (χ4n) is 2.16. The Kier molecular flexibility index (Phi) is 5.43. The molecule has 1 fully saturated rings. The van der Waals surface area contributed by atoms with Crippen LogP contribution < -0.4 is 15.5 Å². The van der Waals surface area contributed by atoms with Crippen molar-refractivity contribution >= 4 is 27.5 Å². The Labute approximate surface area is 129 Å². The van der Waals surface area contributed by atoms with Gasteiger partial charge in [-0.2, -0.15) is 0 Å². The first-order valence-electron chi connectivity index (χ1n) is 7.09. The molecule has 5 heteroatoms. The molecule has 1 saturated carbocycles. The summed E-state index contributed by atoms with van der Waals surface area (Å²) in [7, 11) is 1.96. The van der Waals surface area contributed by atoms with Crippen molar-refractivity contribution in [3.8, 4) is 0 Å². The van der Waals surface area contributed by atoms with E-state index in [-0.39, 0.29) is 5.91 Å². The Morgan fingerprint density at radius 2 is 2.20 bits per heavy atom. The molecule has 0 aromatic heterocycles. The van der Waals surface area contributed by atoms with Crippen LogP contribution in [-0.2, 0) is 11.3 Å². The molecule has 0 bridgehead atoms. The van der Waals surface area contributed by atoms with Crippen LogP contribution in [-0.4, -0.2) is 32.1 Å². The van der Waals surface area contributed by atoms with E-state index in [4.69, 9.17) is 0 Å². The number of benzene rings is 1. The fourth-order valence-corrected chi connectivity index (χ4v) is 2.57. The van der Waals surface area contributed by atoms with Crippen LogP contribution in [0.3, 0.4) is 0 Å². The van der Waals surface area contributed by atoms with Crippen molar-refractivity contribution in [2.75, 3.05) is 25.0 Å². The molecule has 4 nitrogen and oxygen atoms in total. The predicted molar refractivity (Wildman–Crippen MR) is 86.0 cm³/mol. The molecular weight excluding hydrogens is 318 g/mol. The molecule has 0 unspecified atom stereocenters. The molecule has 0 saturated heterocycles. The van der Waals surface area contributed by atoms with Gasteiger partial charge in [0.1, 0.15) is 0 Å². The van der Waals surface area contributed by atoms with E-state index < -0.39 is 0 Å². The first-order chi connectivity index (χ1) is 9.60. The number of nitrogens with zero attached hydrogens (tertiary/aromatic N) is 1. The van der Waals surface area contributed by atoms with Crippen molar-refractivity contribution in [3.63, 3.8) is 0 Å². The fraction of sp³-hybridized carbons (Fsp3) is 0.533. The van der Waals surface area contributed by atoms with Crippen LogP contribution in [0.4, 0.5) is 5.69 Å². The first kappa shape index (κ1) is 15.3. The maximum Gasteiger partial charge on any atom is 0.239 e. The first-order valence-corrected chi connectivity index (χ1v) is 7.89. The number of hydrogen-bond donors (Lipinski definition) is 2. The number of likely N-dealkylation sites (N-methyl/N-ethyl adjacent to an activating group) is 2. The Hall–Kier alpha value is -1.07. The van der Waals surface area contributed by atoms with Crippen LogP contribution in [0.25, 0.3) is 0 Å². The second-order valence-electron chi connectivity index (χ2n) is 5.24. The molecular formula is C15H22BrN3O. The number of amides is 1. The van der Waals surface area contributed by atoms with Gasteiger partial charge in [0.2, 0.25) is 5.91 Å². The molecule has 2 N–H and O–H groups in total. The van der Waals surface area contributed by atoms with Gasteiger partial charge in [0.05, 0.1) is 6.54 Å². The van der Waals surface area contributed by atoms with Crippen molar-refractivity contribution in [3.05, 3.63) is 28.2 Å². The second kappa shape index (κ2) is 7.09. The number of nitrogens with one attached hydrogen (secondary N) is 2. The lowest BCUT2D eigenvalue weighted by Gasteiger charge is -2.22. The van der Waals surface area contributed by atoms with Gasteiger partial charge in [0.25, 0.3) is 0 Å². The van der Waals surface area contributed by atoms with Gasteiger partial charge in [-0.05, 0) is 43.5 Å². The summed E-state index contributed by atoms with van der Waals surface area (Å²) >= 11 is 3.52. The zero-order valence-corrected chi connectivity index (χ0v) is 13.7. The molecule has 1 aliphatic rings. The smallest absolute Gasteiger partial charge is 0.239 e. The topological polar surface area (TPSA) is 44.4 Å².